The molecule has 0 aromatic carbocycles. The highest BCUT2D eigenvalue weighted by Crippen LogP contribution is 2.16. The summed E-state index contributed by atoms with van der Waals surface area (Å²) < 4.78 is 6.57. The molecule has 0 saturated carbocycles. The maximum absolute atomic E-state index is 11.9. The Labute approximate surface area is 117 Å². The molecule has 0 saturated heterocycles. The fourth-order valence-corrected chi connectivity index (χ4v) is 1.88. The Morgan fingerprint density at radius 1 is 1.63 bits per heavy atom. The quantitative estimate of drug-likeness (QED) is 0.838. The molecule has 100 valence electrons. The summed E-state index contributed by atoms with van der Waals surface area (Å²) in [5, 5.41) is 10.8. The van der Waals surface area contributed by atoms with Gasteiger partial charge in [-0.15, -0.1) is 6.58 Å². The third-order valence-corrected chi connectivity index (χ3v) is 3.06. The fraction of sp³-hybridized carbons (Fsp3) is 0.273. The Morgan fingerprint density at radius 3 is 3.05 bits per heavy atom. The van der Waals surface area contributed by atoms with Crippen molar-refractivity contribution < 1.29 is 4.52 Å². The van der Waals surface area contributed by atoms with E-state index in [0.717, 1.165) is 0 Å². The van der Waals surface area contributed by atoms with Crippen molar-refractivity contribution in [3.05, 3.63) is 45.4 Å². The summed E-state index contributed by atoms with van der Waals surface area (Å²) in [4.78, 5) is 16.0. The summed E-state index contributed by atoms with van der Waals surface area (Å²) in [6.45, 7) is 6.00. The largest absolute Gasteiger partial charge is 0.375 e. The normalized spacial score (nSPS) is 10.4. The maximum Gasteiger partial charge on any atom is 0.283 e. The van der Waals surface area contributed by atoms with Gasteiger partial charge in [0.1, 0.15) is 4.47 Å². The van der Waals surface area contributed by atoms with Crippen LogP contribution >= 0.6 is 15.9 Å². The van der Waals surface area contributed by atoms with Crippen molar-refractivity contribution in [2.45, 2.75) is 20.0 Å². The average Bonchev–Trinajstić information content (AvgIpc) is 2.80. The van der Waals surface area contributed by atoms with Crippen LogP contribution in [0.5, 0.6) is 0 Å². The Hall–Kier alpha value is -1.96. The molecular weight excluding hydrogens is 314 g/mol. The number of hydrogen-bond donors (Lipinski definition) is 1. The topological polar surface area (TPSA) is 85.8 Å². The van der Waals surface area contributed by atoms with E-state index in [0.29, 0.717) is 35.0 Å². The van der Waals surface area contributed by atoms with Crippen LogP contribution in [0.1, 0.15) is 11.7 Å². The first kappa shape index (κ1) is 13.5. The smallest absolute Gasteiger partial charge is 0.283 e. The second-order valence-electron chi connectivity index (χ2n) is 3.73. The number of halogens is 1. The third kappa shape index (κ3) is 3.08. The van der Waals surface area contributed by atoms with Gasteiger partial charge in [0.25, 0.3) is 5.56 Å². The Balaban J connectivity index is 2.15. The van der Waals surface area contributed by atoms with Crippen molar-refractivity contribution in [3.8, 4) is 0 Å². The lowest BCUT2D eigenvalue weighted by Gasteiger charge is -2.07. The van der Waals surface area contributed by atoms with Gasteiger partial charge in [-0.3, -0.25) is 4.79 Å². The summed E-state index contributed by atoms with van der Waals surface area (Å²) in [5.41, 5.74) is 0.349. The van der Waals surface area contributed by atoms with Crippen LogP contribution in [0.4, 0.5) is 5.69 Å². The van der Waals surface area contributed by atoms with Crippen molar-refractivity contribution in [2.24, 2.45) is 0 Å². The van der Waals surface area contributed by atoms with E-state index in [-0.39, 0.29) is 5.56 Å². The van der Waals surface area contributed by atoms with Gasteiger partial charge in [-0.2, -0.15) is 10.1 Å². The summed E-state index contributed by atoms with van der Waals surface area (Å²) >= 11 is 3.25. The van der Waals surface area contributed by atoms with E-state index in [4.69, 9.17) is 4.52 Å². The van der Waals surface area contributed by atoms with Gasteiger partial charge in [0.05, 0.1) is 25.0 Å². The van der Waals surface area contributed by atoms with Crippen LogP contribution in [0.15, 0.2) is 32.6 Å². The molecule has 0 amide bonds. The second-order valence-corrected chi connectivity index (χ2v) is 4.52. The van der Waals surface area contributed by atoms with Gasteiger partial charge in [-0.1, -0.05) is 11.2 Å². The van der Waals surface area contributed by atoms with E-state index in [9.17, 15) is 4.79 Å². The van der Waals surface area contributed by atoms with Crippen LogP contribution in [0.3, 0.4) is 0 Å². The molecule has 19 heavy (non-hydrogen) atoms. The van der Waals surface area contributed by atoms with Crippen molar-refractivity contribution in [1.82, 2.24) is 19.9 Å². The predicted octanol–water partition coefficient (Wildman–Crippen LogP) is 1.50. The van der Waals surface area contributed by atoms with Gasteiger partial charge in [0.15, 0.2) is 5.82 Å². The number of aryl methyl sites for hydroxylation is 1. The van der Waals surface area contributed by atoms with Gasteiger partial charge in [0.2, 0.25) is 5.89 Å². The minimum absolute atomic E-state index is 0.228. The van der Waals surface area contributed by atoms with Crippen molar-refractivity contribution >= 4 is 21.6 Å². The van der Waals surface area contributed by atoms with Crippen molar-refractivity contribution in [3.63, 3.8) is 0 Å². The van der Waals surface area contributed by atoms with Crippen LogP contribution in [0.2, 0.25) is 0 Å². The van der Waals surface area contributed by atoms with E-state index in [1.54, 1.807) is 19.2 Å². The Bertz CT molecular complexity index is 649. The minimum atomic E-state index is -0.228. The zero-order valence-corrected chi connectivity index (χ0v) is 11.8. The number of allylic oxidation sites excluding steroid dienone is 1. The molecule has 1 N–H and O–H groups in total. The van der Waals surface area contributed by atoms with E-state index >= 15 is 0 Å². The van der Waals surface area contributed by atoms with Crippen LogP contribution in [0.25, 0.3) is 0 Å². The van der Waals surface area contributed by atoms with Gasteiger partial charge >= 0.3 is 0 Å². The highest BCUT2D eigenvalue weighted by Gasteiger charge is 2.09. The molecule has 0 fully saturated rings. The molecule has 2 aromatic heterocycles. The molecule has 2 heterocycles. The highest BCUT2D eigenvalue weighted by atomic mass is 79.9. The van der Waals surface area contributed by atoms with E-state index in [2.05, 4.69) is 43.1 Å². The van der Waals surface area contributed by atoms with Crippen LogP contribution in [-0.4, -0.2) is 19.9 Å². The van der Waals surface area contributed by atoms with E-state index in [1.807, 2.05) is 0 Å². The monoisotopic (exact) mass is 325 g/mol. The molecular formula is C11H12BrN5O2. The molecule has 0 bridgehead atoms. The maximum atomic E-state index is 11.9. The predicted molar refractivity (Wildman–Crippen MR) is 72.8 cm³/mol. The molecule has 2 aromatic rings. The van der Waals surface area contributed by atoms with E-state index in [1.165, 1.54) is 4.68 Å². The van der Waals surface area contributed by atoms with Crippen LogP contribution in [0, 0.1) is 6.92 Å². The molecule has 0 unspecified atom stereocenters. The number of nitrogens with one attached hydrogen (secondary N) is 1. The van der Waals surface area contributed by atoms with E-state index < -0.39 is 0 Å². The highest BCUT2D eigenvalue weighted by molar-refractivity contribution is 9.10. The molecule has 0 spiro atoms. The summed E-state index contributed by atoms with van der Waals surface area (Å²) in [5.74, 6) is 1.01. The van der Waals surface area contributed by atoms with Crippen LogP contribution in [-0.2, 0) is 13.1 Å². The number of anilines is 1. The molecule has 7 nitrogen and oxygen atoms in total. The Morgan fingerprint density at radius 2 is 2.42 bits per heavy atom. The zero-order chi connectivity index (χ0) is 13.8. The van der Waals surface area contributed by atoms with Gasteiger partial charge < -0.3 is 9.84 Å². The average molecular weight is 326 g/mol. The first-order valence-corrected chi connectivity index (χ1v) is 6.30. The standard InChI is InChI=1S/C11H12BrN5O2/c1-3-4-17-11(18)10(12)8(5-14-17)13-6-9-15-7(2)19-16-9/h3,5,13H,1,4,6H2,2H3. The summed E-state index contributed by atoms with van der Waals surface area (Å²) in [6, 6.07) is 0. The Kier molecular flexibility index (Phi) is 4.10. The molecule has 8 heteroatoms. The molecule has 0 aliphatic heterocycles. The minimum Gasteiger partial charge on any atom is -0.375 e. The zero-order valence-electron chi connectivity index (χ0n) is 10.3. The molecule has 2 rings (SSSR count). The van der Waals surface area contributed by atoms with Crippen molar-refractivity contribution in [1.29, 1.82) is 0 Å². The SMILES string of the molecule is C=CCn1ncc(NCc2noc(C)n2)c(Br)c1=O. The number of aromatic nitrogens is 4. The molecule has 0 aliphatic rings. The molecule has 0 aliphatic carbocycles. The van der Waals surface area contributed by atoms with Crippen molar-refractivity contribution in [2.75, 3.05) is 5.32 Å². The fourth-order valence-electron chi connectivity index (χ4n) is 1.43. The van der Waals surface area contributed by atoms with Gasteiger partial charge in [-0.25, -0.2) is 4.68 Å². The first-order valence-electron chi connectivity index (χ1n) is 5.51. The first-order chi connectivity index (χ1) is 9.11. The van der Waals surface area contributed by atoms with Gasteiger partial charge in [0, 0.05) is 6.92 Å². The lowest BCUT2D eigenvalue weighted by molar-refractivity contribution is 0.388. The van der Waals surface area contributed by atoms with Gasteiger partial charge in [-0.05, 0) is 15.9 Å². The number of rotatable bonds is 5. The summed E-state index contributed by atoms with van der Waals surface area (Å²) in [7, 11) is 0. The lowest BCUT2D eigenvalue weighted by Crippen LogP contribution is -2.24. The third-order valence-electron chi connectivity index (χ3n) is 2.29. The van der Waals surface area contributed by atoms with Crippen LogP contribution < -0.4 is 10.9 Å². The molecule has 0 radical (unpaired) electrons. The molecule has 0 atom stereocenters. The number of hydrogen-bond acceptors (Lipinski definition) is 6. The second kappa shape index (κ2) is 5.79. The lowest BCUT2D eigenvalue weighted by atomic mass is 10.4. The summed E-state index contributed by atoms with van der Waals surface area (Å²) in [6.07, 6.45) is 3.16. The number of nitrogens with zero attached hydrogens (tertiary/aromatic N) is 4.